The minimum Gasteiger partial charge on any atom is -0.311 e. The largest absolute Gasteiger partial charge is 0.311 e. The molecule has 2 aromatic rings. The van der Waals surface area contributed by atoms with Gasteiger partial charge in [0.15, 0.2) is 0 Å². The van der Waals surface area contributed by atoms with Crippen LogP contribution in [0.25, 0.3) is 0 Å². The highest BCUT2D eigenvalue weighted by atomic mass is 16.2. The van der Waals surface area contributed by atoms with Crippen LogP contribution in [0.15, 0.2) is 24.4 Å². The predicted molar refractivity (Wildman–Crippen MR) is 93.2 cm³/mol. The highest BCUT2D eigenvalue weighted by molar-refractivity contribution is 6.07. The van der Waals surface area contributed by atoms with E-state index >= 15 is 0 Å². The number of fused-ring (bicyclic) bond motifs is 1. The van der Waals surface area contributed by atoms with Gasteiger partial charge in [-0.3, -0.25) is 9.89 Å². The van der Waals surface area contributed by atoms with Gasteiger partial charge in [0.1, 0.15) is 0 Å². The molecule has 0 spiro atoms. The second kappa shape index (κ2) is 5.52. The molecule has 1 unspecified atom stereocenters. The molecule has 1 aliphatic rings. The van der Waals surface area contributed by atoms with Crippen molar-refractivity contribution < 1.29 is 4.79 Å². The first-order valence-corrected chi connectivity index (χ1v) is 8.30. The Hall–Kier alpha value is -2.10. The molecule has 1 aliphatic carbocycles. The summed E-state index contributed by atoms with van der Waals surface area (Å²) in [5, 5.41) is 6.95. The first kappa shape index (κ1) is 15.8. The van der Waals surface area contributed by atoms with E-state index in [4.69, 9.17) is 0 Å². The average molecular weight is 311 g/mol. The van der Waals surface area contributed by atoms with E-state index in [1.165, 1.54) is 11.1 Å². The minimum absolute atomic E-state index is 0.000839. The molecule has 4 nitrogen and oxygen atoms in total. The van der Waals surface area contributed by atoms with Crippen LogP contribution in [0, 0.1) is 0 Å². The van der Waals surface area contributed by atoms with Crippen LogP contribution in [0.1, 0.15) is 67.2 Å². The zero-order valence-electron chi connectivity index (χ0n) is 14.6. The van der Waals surface area contributed by atoms with E-state index in [2.05, 4.69) is 49.2 Å². The van der Waals surface area contributed by atoms with Crippen LogP contribution in [0.2, 0.25) is 0 Å². The molecule has 0 radical (unpaired) electrons. The number of rotatable bonds is 3. The standard InChI is InChI=1S/C19H25N3O/c1-6-15-13(11-20-21-15)18(23)22(5)16-9-7-8-14-17(16)12(2)10-19(14,3)4/h7-9,11-12H,6,10H2,1-5H3,(H,20,21). The van der Waals surface area contributed by atoms with Crippen molar-refractivity contribution in [2.75, 3.05) is 11.9 Å². The minimum atomic E-state index is 0.000839. The fourth-order valence-corrected chi connectivity index (χ4v) is 3.99. The molecule has 1 N–H and O–H groups in total. The summed E-state index contributed by atoms with van der Waals surface area (Å²) < 4.78 is 0. The molecule has 0 bridgehead atoms. The summed E-state index contributed by atoms with van der Waals surface area (Å²) in [6, 6.07) is 6.32. The van der Waals surface area contributed by atoms with E-state index in [0.29, 0.717) is 11.5 Å². The summed E-state index contributed by atoms with van der Waals surface area (Å²) in [5.74, 6) is 0.461. The predicted octanol–water partition coefficient (Wildman–Crippen LogP) is 4.03. The topological polar surface area (TPSA) is 49.0 Å². The van der Waals surface area contributed by atoms with Gasteiger partial charge in [0.25, 0.3) is 5.91 Å². The summed E-state index contributed by atoms with van der Waals surface area (Å²) in [6.45, 7) is 8.85. The molecule has 0 aliphatic heterocycles. The maximum atomic E-state index is 12.9. The maximum absolute atomic E-state index is 12.9. The molecule has 4 heteroatoms. The van der Waals surface area contributed by atoms with E-state index in [1.54, 1.807) is 11.1 Å². The van der Waals surface area contributed by atoms with Crippen molar-refractivity contribution in [2.24, 2.45) is 0 Å². The van der Waals surface area contributed by atoms with Gasteiger partial charge in [0.05, 0.1) is 11.8 Å². The van der Waals surface area contributed by atoms with E-state index in [9.17, 15) is 4.79 Å². The second-order valence-electron chi connectivity index (χ2n) is 7.21. The van der Waals surface area contributed by atoms with E-state index < -0.39 is 0 Å². The number of hydrogen-bond donors (Lipinski definition) is 1. The summed E-state index contributed by atoms with van der Waals surface area (Å²) in [7, 11) is 1.86. The lowest BCUT2D eigenvalue weighted by atomic mass is 9.86. The zero-order valence-corrected chi connectivity index (χ0v) is 14.6. The number of anilines is 1. The smallest absolute Gasteiger partial charge is 0.261 e. The molecule has 0 saturated carbocycles. The second-order valence-corrected chi connectivity index (χ2v) is 7.21. The van der Waals surface area contributed by atoms with Crippen LogP contribution in [0.3, 0.4) is 0 Å². The first-order chi connectivity index (χ1) is 10.9. The third-order valence-electron chi connectivity index (χ3n) is 5.09. The number of aryl methyl sites for hydroxylation is 1. The molecule has 1 amide bonds. The van der Waals surface area contributed by atoms with Gasteiger partial charge in [-0.05, 0) is 41.4 Å². The van der Waals surface area contributed by atoms with Crippen LogP contribution < -0.4 is 4.90 Å². The third kappa shape index (κ3) is 2.46. The van der Waals surface area contributed by atoms with Crippen molar-refractivity contribution >= 4 is 11.6 Å². The lowest BCUT2D eigenvalue weighted by Crippen LogP contribution is -2.28. The number of aromatic amines is 1. The Balaban J connectivity index is 2.03. The van der Waals surface area contributed by atoms with Crippen LogP contribution in [-0.2, 0) is 11.8 Å². The van der Waals surface area contributed by atoms with Crippen molar-refractivity contribution in [3.8, 4) is 0 Å². The van der Waals surface area contributed by atoms with Crippen molar-refractivity contribution in [3.05, 3.63) is 46.8 Å². The van der Waals surface area contributed by atoms with Crippen molar-refractivity contribution in [1.29, 1.82) is 0 Å². The summed E-state index contributed by atoms with van der Waals surface area (Å²) in [6.07, 6.45) is 3.52. The molecular weight excluding hydrogens is 286 g/mol. The number of benzene rings is 1. The molecule has 1 aromatic carbocycles. The van der Waals surface area contributed by atoms with Crippen molar-refractivity contribution in [3.63, 3.8) is 0 Å². The maximum Gasteiger partial charge on any atom is 0.261 e. The molecule has 1 aromatic heterocycles. The summed E-state index contributed by atoms with van der Waals surface area (Å²) >= 11 is 0. The fraction of sp³-hybridized carbons (Fsp3) is 0.474. The van der Waals surface area contributed by atoms with Gasteiger partial charge in [0.2, 0.25) is 0 Å². The number of carbonyl (C=O) groups excluding carboxylic acids is 1. The van der Waals surface area contributed by atoms with Crippen LogP contribution in [-0.4, -0.2) is 23.2 Å². The molecule has 3 rings (SSSR count). The van der Waals surface area contributed by atoms with Gasteiger partial charge in [0, 0.05) is 18.4 Å². The van der Waals surface area contributed by atoms with Gasteiger partial charge < -0.3 is 4.90 Å². The van der Waals surface area contributed by atoms with E-state index in [0.717, 1.165) is 24.2 Å². The Bertz CT molecular complexity index is 745. The highest BCUT2D eigenvalue weighted by Crippen LogP contribution is 2.49. The Morgan fingerprint density at radius 3 is 2.87 bits per heavy atom. The fourth-order valence-electron chi connectivity index (χ4n) is 3.99. The van der Waals surface area contributed by atoms with Crippen molar-refractivity contribution in [1.82, 2.24) is 10.2 Å². The lowest BCUT2D eigenvalue weighted by molar-refractivity contribution is 0.0992. The van der Waals surface area contributed by atoms with Crippen LogP contribution in [0.4, 0.5) is 5.69 Å². The van der Waals surface area contributed by atoms with Crippen LogP contribution >= 0.6 is 0 Å². The number of aromatic nitrogens is 2. The summed E-state index contributed by atoms with van der Waals surface area (Å²) in [5.41, 5.74) is 5.42. The SMILES string of the molecule is CCc1[nH]ncc1C(=O)N(C)c1cccc2c1C(C)CC2(C)C. The summed E-state index contributed by atoms with van der Waals surface area (Å²) in [4.78, 5) is 14.7. The number of hydrogen-bond acceptors (Lipinski definition) is 2. The highest BCUT2D eigenvalue weighted by Gasteiger charge is 2.37. The van der Waals surface area contributed by atoms with Crippen LogP contribution in [0.5, 0.6) is 0 Å². The van der Waals surface area contributed by atoms with Gasteiger partial charge in [-0.15, -0.1) is 0 Å². The Morgan fingerprint density at radius 1 is 1.43 bits per heavy atom. The Kier molecular flexibility index (Phi) is 3.78. The number of carbonyl (C=O) groups is 1. The molecule has 1 heterocycles. The quantitative estimate of drug-likeness (QED) is 0.930. The number of nitrogens with zero attached hydrogens (tertiary/aromatic N) is 2. The molecule has 122 valence electrons. The molecule has 0 fully saturated rings. The number of nitrogens with one attached hydrogen (secondary N) is 1. The van der Waals surface area contributed by atoms with E-state index in [1.807, 2.05) is 14.0 Å². The lowest BCUT2D eigenvalue weighted by Gasteiger charge is -2.23. The normalized spacial score (nSPS) is 18.7. The van der Waals surface area contributed by atoms with Gasteiger partial charge >= 0.3 is 0 Å². The number of H-pyrrole nitrogens is 1. The molecule has 23 heavy (non-hydrogen) atoms. The van der Waals surface area contributed by atoms with Gasteiger partial charge in [-0.2, -0.15) is 5.10 Å². The van der Waals surface area contributed by atoms with Gasteiger partial charge in [-0.1, -0.05) is 39.8 Å². The zero-order chi connectivity index (χ0) is 16.8. The van der Waals surface area contributed by atoms with E-state index in [-0.39, 0.29) is 11.3 Å². The molecule has 1 atom stereocenters. The average Bonchev–Trinajstić information content (AvgIpc) is 3.08. The first-order valence-electron chi connectivity index (χ1n) is 8.30. The third-order valence-corrected chi connectivity index (χ3v) is 5.09. The Morgan fingerprint density at radius 2 is 2.17 bits per heavy atom. The number of amides is 1. The van der Waals surface area contributed by atoms with Crippen molar-refractivity contribution in [2.45, 2.75) is 51.9 Å². The molecular formula is C19H25N3O. The van der Waals surface area contributed by atoms with Gasteiger partial charge in [-0.25, -0.2) is 0 Å². The monoisotopic (exact) mass is 311 g/mol. The Labute approximate surface area is 137 Å². The molecule has 0 saturated heterocycles.